The molecule has 2 aliphatic heterocycles. The number of hydrogen-bond donors (Lipinski definition) is 0. The molecule has 2 atom stereocenters. The van der Waals surface area contributed by atoms with E-state index in [1.807, 2.05) is 38.1 Å². The molecule has 0 bridgehead atoms. The van der Waals surface area contributed by atoms with E-state index in [0.717, 1.165) is 11.1 Å². The Balaban J connectivity index is 1.57. The quantitative estimate of drug-likeness (QED) is 0.765. The van der Waals surface area contributed by atoms with Crippen molar-refractivity contribution in [1.82, 2.24) is 5.01 Å². The first-order chi connectivity index (χ1) is 13.1. The zero-order chi connectivity index (χ0) is 19.0. The Labute approximate surface area is 157 Å². The summed E-state index contributed by atoms with van der Waals surface area (Å²) in [6.07, 6.45) is 0. The van der Waals surface area contributed by atoms with Gasteiger partial charge in [0.05, 0.1) is 18.8 Å². The van der Waals surface area contributed by atoms with Crippen molar-refractivity contribution in [2.24, 2.45) is 10.3 Å². The minimum absolute atomic E-state index is 0.298. The molecule has 4 rings (SSSR count). The molecule has 7 nitrogen and oxygen atoms in total. The molecule has 0 radical (unpaired) electrons. The van der Waals surface area contributed by atoms with Gasteiger partial charge in [-0.25, -0.2) is 4.90 Å². The molecule has 2 unspecified atom stereocenters. The lowest BCUT2D eigenvalue weighted by molar-refractivity contribution is -0.123. The highest BCUT2D eigenvalue weighted by molar-refractivity contribution is 6.25. The Bertz CT molecular complexity index is 910. The summed E-state index contributed by atoms with van der Waals surface area (Å²) >= 11 is 0. The molecule has 0 N–H and O–H groups in total. The summed E-state index contributed by atoms with van der Waals surface area (Å²) in [6, 6.07) is 13.4. The minimum Gasteiger partial charge on any atom is -0.494 e. The Kier molecular flexibility index (Phi) is 4.35. The number of ether oxygens (including phenoxy) is 1. The number of benzene rings is 2. The molecule has 2 aromatic carbocycles. The molecule has 2 aliphatic rings. The second-order valence-corrected chi connectivity index (χ2v) is 6.56. The Morgan fingerprint density at radius 2 is 1.78 bits per heavy atom. The normalized spacial score (nSPS) is 21.1. The number of hydrogen-bond acceptors (Lipinski definition) is 6. The molecule has 7 heteroatoms. The fourth-order valence-electron chi connectivity index (χ4n) is 3.43. The van der Waals surface area contributed by atoms with Gasteiger partial charge in [0.15, 0.2) is 12.1 Å². The van der Waals surface area contributed by atoms with Crippen LogP contribution >= 0.6 is 0 Å². The highest BCUT2D eigenvalue weighted by Crippen LogP contribution is 2.33. The van der Waals surface area contributed by atoms with Gasteiger partial charge in [-0.3, -0.25) is 14.6 Å². The Hall–Kier alpha value is -3.22. The van der Waals surface area contributed by atoms with Crippen LogP contribution in [0.2, 0.25) is 0 Å². The monoisotopic (exact) mass is 364 g/mol. The Morgan fingerprint density at radius 3 is 2.48 bits per heavy atom. The third-order valence-electron chi connectivity index (χ3n) is 4.86. The lowest BCUT2D eigenvalue weighted by Gasteiger charge is -2.21. The maximum Gasteiger partial charge on any atom is 0.263 e. The van der Waals surface area contributed by atoms with Gasteiger partial charge >= 0.3 is 0 Å². The highest BCUT2D eigenvalue weighted by Gasteiger charge is 2.54. The first-order valence-corrected chi connectivity index (χ1v) is 8.92. The second-order valence-electron chi connectivity index (χ2n) is 6.56. The van der Waals surface area contributed by atoms with Gasteiger partial charge in [0.25, 0.3) is 11.8 Å². The van der Waals surface area contributed by atoms with Crippen molar-refractivity contribution in [2.45, 2.75) is 32.5 Å². The maximum absolute atomic E-state index is 13.0. The lowest BCUT2D eigenvalue weighted by atomic mass is 10.1. The van der Waals surface area contributed by atoms with Crippen LogP contribution in [-0.2, 0) is 16.1 Å². The first kappa shape index (κ1) is 17.2. The fourth-order valence-corrected chi connectivity index (χ4v) is 3.43. The smallest absolute Gasteiger partial charge is 0.263 e. The SMILES string of the molecule is CCOc1ccc(N2C(=O)C3N=NN(Cc4ccccc4C)C3C2=O)cc1. The van der Waals surface area contributed by atoms with Crippen LogP contribution in [-0.4, -0.2) is 35.5 Å². The van der Waals surface area contributed by atoms with E-state index in [1.165, 1.54) is 4.90 Å². The molecule has 0 spiro atoms. The number of rotatable bonds is 5. The number of fused-ring (bicyclic) bond motifs is 1. The third kappa shape index (κ3) is 2.95. The van der Waals surface area contributed by atoms with E-state index >= 15 is 0 Å². The molecule has 2 aromatic rings. The van der Waals surface area contributed by atoms with Crippen molar-refractivity contribution in [3.63, 3.8) is 0 Å². The minimum atomic E-state index is -0.784. The zero-order valence-electron chi connectivity index (χ0n) is 15.2. The van der Waals surface area contributed by atoms with Crippen molar-refractivity contribution in [3.05, 3.63) is 59.7 Å². The van der Waals surface area contributed by atoms with Gasteiger partial charge in [-0.2, -0.15) is 5.11 Å². The topological polar surface area (TPSA) is 74.6 Å². The maximum atomic E-state index is 13.0. The molecule has 138 valence electrons. The van der Waals surface area contributed by atoms with E-state index < -0.39 is 12.1 Å². The molecular formula is C20H20N4O3. The largest absolute Gasteiger partial charge is 0.494 e. The molecule has 1 fully saturated rings. The van der Waals surface area contributed by atoms with Crippen LogP contribution in [0.5, 0.6) is 5.75 Å². The lowest BCUT2D eigenvalue weighted by Crippen LogP contribution is -2.39. The predicted octanol–water partition coefficient (Wildman–Crippen LogP) is 2.89. The number of carbonyl (C=O) groups is 2. The zero-order valence-corrected chi connectivity index (χ0v) is 15.2. The number of aryl methyl sites for hydroxylation is 1. The van der Waals surface area contributed by atoms with Crippen LogP contribution in [0.1, 0.15) is 18.1 Å². The summed E-state index contributed by atoms with van der Waals surface area (Å²) < 4.78 is 5.42. The number of imide groups is 1. The van der Waals surface area contributed by atoms with Crippen molar-refractivity contribution >= 4 is 17.5 Å². The van der Waals surface area contributed by atoms with Crippen LogP contribution in [0.3, 0.4) is 0 Å². The van der Waals surface area contributed by atoms with Gasteiger partial charge in [0.1, 0.15) is 5.75 Å². The number of nitrogens with zero attached hydrogens (tertiary/aromatic N) is 4. The summed E-state index contributed by atoms with van der Waals surface area (Å²) in [5.74, 6) is 0.0549. The van der Waals surface area contributed by atoms with Gasteiger partial charge in [0.2, 0.25) is 0 Å². The van der Waals surface area contributed by atoms with Crippen LogP contribution < -0.4 is 9.64 Å². The average Bonchev–Trinajstić information content (AvgIpc) is 3.19. The standard InChI is InChI=1S/C20H20N4O3/c1-3-27-16-10-8-15(9-11-16)24-19(25)17-18(20(24)26)23(22-21-17)12-14-7-5-4-6-13(14)2/h4-11,17-18H,3,12H2,1-2H3. The van der Waals surface area contributed by atoms with Crippen molar-refractivity contribution < 1.29 is 14.3 Å². The average molecular weight is 364 g/mol. The number of anilines is 1. The molecule has 0 aliphatic carbocycles. The summed E-state index contributed by atoms with van der Waals surface area (Å²) in [5.41, 5.74) is 2.68. The summed E-state index contributed by atoms with van der Waals surface area (Å²) in [4.78, 5) is 27.0. The van der Waals surface area contributed by atoms with Gasteiger partial charge in [-0.05, 0) is 49.2 Å². The predicted molar refractivity (Wildman–Crippen MR) is 99.3 cm³/mol. The molecular weight excluding hydrogens is 344 g/mol. The molecule has 1 saturated heterocycles. The molecule has 27 heavy (non-hydrogen) atoms. The Morgan fingerprint density at radius 1 is 1.04 bits per heavy atom. The van der Waals surface area contributed by atoms with Crippen molar-refractivity contribution in [1.29, 1.82) is 0 Å². The van der Waals surface area contributed by atoms with Gasteiger partial charge in [0, 0.05) is 0 Å². The van der Waals surface area contributed by atoms with E-state index in [9.17, 15) is 9.59 Å². The first-order valence-electron chi connectivity index (χ1n) is 8.92. The van der Waals surface area contributed by atoms with Crippen LogP contribution in [0.4, 0.5) is 5.69 Å². The number of carbonyl (C=O) groups excluding carboxylic acids is 2. The van der Waals surface area contributed by atoms with Crippen molar-refractivity contribution in [2.75, 3.05) is 11.5 Å². The van der Waals surface area contributed by atoms with E-state index in [0.29, 0.717) is 24.6 Å². The van der Waals surface area contributed by atoms with E-state index in [2.05, 4.69) is 10.3 Å². The summed E-state index contributed by atoms with van der Waals surface area (Å²) in [6.45, 7) is 4.90. The van der Waals surface area contributed by atoms with Crippen LogP contribution in [0.25, 0.3) is 0 Å². The van der Waals surface area contributed by atoms with E-state index in [1.54, 1.807) is 29.3 Å². The van der Waals surface area contributed by atoms with Crippen LogP contribution in [0, 0.1) is 6.92 Å². The summed E-state index contributed by atoms with van der Waals surface area (Å²) in [5, 5.41) is 9.78. The van der Waals surface area contributed by atoms with Gasteiger partial charge in [-0.1, -0.05) is 29.5 Å². The summed E-state index contributed by atoms with van der Waals surface area (Å²) in [7, 11) is 0. The third-order valence-corrected chi connectivity index (χ3v) is 4.86. The second kappa shape index (κ2) is 6.83. The van der Waals surface area contributed by atoms with Crippen molar-refractivity contribution in [3.8, 4) is 5.75 Å². The molecule has 2 heterocycles. The molecule has 0 aromatic heterocycles. The molecule has 2 amide bonds. The van der Waals surface area contributed by atoms with E-state index in [4.69, 9.17) is 4.74 Å². The fraction of sp³-hybridized carbons (Fsp3) is 0.300. The van der Waals surface area contributed by atoms with Gasteiger partial charge in [-0.15, -0.1) is 0 Å². The van der Waals surface area contributed by atoms with E-state index in [-0.39, 0.29) is 11.8 Å². The number of amides is 2. The molecule has 0 saturated carbocycles. The van der Waals surface area contributed by atoms with Crippen LogP contribution in [0.15, 0.2) is 58.9 Å². The van der Waals surface area contributed by atoms with Gasteiger partial charge < -0.3 is 4.74 Å². The highest BCUT2D eigenvalue weighted by atomic mass is 16.5.